The zero-order chi connectivity index (χ0) is 13.2. The number of nitrogens with one attached hydrogen (secondary N) is 1. The number of imidazole rings is 1. The van der Waals surface area contributed by atoms with Crippen molar-refractivity contribution in [1.29, 1.82) is 0 Å². The summed E-state index contributed by atoms with van der Waals surface area (Å²) in [7, 11) is 1.98. The Hall–Kier alpha value is -1.33. The second kappa shape index (κ2) is 5.35. The van der Waals surface area contributed by atoms with Crippen LogP contribution in [0.2, 0.25) is 0 Å². The van der Waals surface area contributed by atoms with Crippen LogP contribution in [0.3, 0.4) is 0 Å². The quantitative estimate of drug-likeness (QED) is 0.935. The SMILES string of the molecule is Cn1cncc1CN[C@H]1CCSc2c(F)cccc21. The second-order valence-corrected chi connectivity index (χ2v) is 5.83. The number of nitrogens with zero attached hydrogens (tertiary/aromatic N) is 2. The van der Waals surface area contributed by atoms with Gasteiger partial charge in [-0.3, -0.25) is 0 Å². The predicted octanol–water partition coefficient (Wildman–Crippen LogP) is 2.89. The Morgan fingerprint density at radius 3 is 3.21 bits per heavy atom. The third kappa shape index (κ3) is 2.53. The topological polar surface area (TPSA) is 29.9 Å². The third-order valence-electron chi connectivity index (χ3n) is 3.47. The lowest BCUT2D eigenvalue weighted by Crippen LogP contribution is -2.25. The molecule has 0 saturated heterocycles. The first kappa shape index (κ1) is 12.7. The van der Waals surface area contributed by atoms with Crippen LogP contribution in [0.4, 0.5) is 4.39 Å². The van der Waals surface area contributed by atoms with Gasteiger partial charge in [-0.05, 0) is 23.8 Å². The van der Waals surface area contributed by atoms with Crippen molar-refractivity contribution >= 4 is 11.8 Å². The van der Waals surface area contributed by atoms with Crippen molar-refractivity contribution in [2.24, 2.45) is 7.05 Å². The number of hydrogen-bond acceptors (Lipinski definition) is 3. The number of fused-ring (bicyclic) bond motifs is 1. The number of aromatic nitrogens is 2. The molecule has 1 aliphatic heterocycles. The fourth-order valence-corrected chi connectivity index (χ4v) is 3.52. The van der Waals surface area contributed by atoms with E-state index >= 15 is 0 Å². The number of aryl methyl sites for hydroxylation is 1. The molecule has 0 aliphatic carbocycles. The van der Waals surface area contributed by atoms with Crippen LogP contribution in [0.25, 0.3) is 0 Å². The van der Waals surface area contributed by atoms with E-state index in [4.69, 9.17) is 0 Å². The monoisotopic (exact) mass is 277 g/mol. The maximum atomic E-state index is 13.8. The molecule has 19 heavy (non-hydrogen) atoms. The molecule has 5 heteroatoms. The maximum Gasteiger partial charge on any atom is 0.137 e. The molecule has 2 heterocycles. The van der Waals surface area contributed by atoms with Crippen LogP contribution in [0.1, 0.15) is 23.7 Å². The van der Waals surface area contributed by atoms with Gasteiger partial charge in [-0.1, -0.05) is 12.1 Å². The molecule has 1 aromatic carbocycles. The lowest BCUT2D eigenvalue weighted by atomic mass is 10.0. The van der Waals surface area contributed by atoms with Crippen LogP contribution in [-0.2, 0) is 13.6 Å². The van der Waals surface area contributed by atoms with Gasteiger partial charge in [0.05, 0.1) is 12.0 Å². The first-order valence-corrected chi connectivity index (χ1v) is 7.34. The summed E-state index contributed by atoms with van der Waals surface area (Å²) < 4.78 is 15.8. The predicted molar refractivity (Wildman–Crippen MR) is 74.5 cm³/mol. The summed E-state index contributed by atoms with van der Waals surface area (Å²) in [5, 5.41) is 3.51. The summed E-state index contributed by atoms with van der Waals surface area (Å²) in [6.07, 6.45) is 4.68. The zero-order valence-electron chi connectivity index (χ0n) is 10.8. The lowest BCUT2D eigenvalue weighted by molar-refractivity contribution is 0.488. The Labute approximate surface area is 116 Å². The minimum Gasteiger partial charge on any atom is -0.337 e. The van der Waals surface area contributed by atoms with Gasteiger partial charge in [0.2, 0.25) is 0 Å². The van der Waals surface area contributed by atoms with Gasteiger partial charge < -0.3 is 9.88 Å². The molecule has 1 aromatic heterocycles. The molecule has 100 valence electrons. The summed E-state index contributed by atoms with van der Waals surface area (Å²) in [5.74, 6) is 0.853. The largest absolute Gasteiger partial charge is 0.337 e. The van der Waals surface area contributed by atoms with Gasteiger partial charge in [-0.2, -0.15) is 0 Å². The molecule has 0 bridgehead atoms. The second-order valence-electron chi connectivity index (χ2n) is 4.72. The molecule has 1 atom stereocenters. The highest BCUT2D eigenvalue weighted by Crippen LogP contribution is 2.37. The van der Waals surface area contributed by atoms with E-state index in [-0.39, 0.29) is 11.9 Å². The van der Waals surface area contributed by atoms with Crippen molar-refractivity contribution in [2.75, 3.05) is 5.75 Å². The van der Waals surface area contributed by atoms with Crippen molar-refractivity contribution in [3.8, 4) is 0 Å². The number of hydrogen-bond donors (Lipinski definition) is 1. The van der Waals surface area contributed by atoms with Gasteiger partial charge in [0, 0.05) is 30.7 Å². The molecule has 3 rings (SSSR count). The fraction of sp³-hybridized carbons (Fsp3) is 0.357. The third-order valence-corrected chi connectivity index (χ3v) is 4.63. The highest BCUT2D eigenvalue weighted by atomic mass is 32.2. The van der Waals surface area contributed by atoms with Crippen LogP contribution < -0.4 is 5.32 Å². The Kier molecular flexibility index (Phi) is 3.57. The van der Waals surface area contributed by atoms with Crippen molar-refractivity contribution in [1.82, 2.24) is 14.9 Å². The Balaban J connectivity index is 1.77. The van der Waals surface area contributed by atoms with Crippen LogP contribution in [0, 0.1) is 5.82 Å². The smallest absolute Gasteiger partial charge is 0.137 e. The van der Waals surface area contributed by atoms with Crippen molar-refractivity contribution in [2.45, 2.75) is 23.9 Å². The van der Waals surface area contributed by atoms with E-state index in [0.717, 1.165) is 34.9 Å². The van der Waals surface area contributed by atoms with Gasteiger partial charge in [0.15, 0.2) is 0 Å². The van der Waals surface area contributed by atoms with Gasteiger partial charge in [-0.15, -0.1) is 11.8 Å². The molecule has 1 aliphatic rings. The fourth-order valence-electron chi connectivity index (χ4n) is 2.38. The van der Waals surface area contributed by atoms with Crippen LogP contribution in [0.5, 0.6) is 0 Å². The van der Waals surface area contributed by atoms with Gasteiger partial charge in [-0.25, -0.2) is 9.37 Å². The van der Waals surface area contributed by atoms with Gasteiger partial charge >= 0.3 is 0 Å². The van der Waals surface area contributed by atoms with Gasteiger partial charge in [0.1, 0.15) is 5.82 Å². The van der Waals surface area contributed by atoms with E-state index in [1.807, 2.05) is 23.9 Å². The molecule has 0 fully saturated rings. The van der Waals surface area contributed by atoms with E-state index < -0.39 is 0 Å². The molecule has 0 unspecified atom stereocenters. The van der Waals surface area contributed by atoms with Crippen LogP contribution >= 0.6 is 11.8 Å². The van der Waals surface area contributed by atoms with E-state index in [1.165, 1.54) is 6.07 Å². The summed E-state index contributed by atoms with van der Waals surface area (Å²) in [6, 6.07) is 5.57. The number of benzene rings is 1. The van der Waals surface area contributed by atoms with E-state index in [0.29, 0.717) is 0 Å². The molecule has 0 amide bonds. The Bertz CT molecular complexity index is 582. The normalized spacial score (nSPS) is 18.3. The molecule has 1 N–H and O–H groups in total. The number of rotatable bonds is 3. The van der Waals surface area contributed by atoms with E-state index in [1.54, 1.807) is 24.2 Å². The Morgan fingerprint density at radius 1 is 1.53 bits per heavy atom. The zero-order valence-corrected chi connectivity index (χ0v) is 11.6. The number of halogens is 1. The molecule has 0 spiro atoms. The molecular formula is C14H16FN3S. The molecule has 0 radical (unpaired) electrons. The molecule has 2 aromatic rings. The minimum atomic E-state index is -0.102. The first-order chi connectivity index (χ1) is 9.25. The highest BCUT2D eigenvalue weighted by Gasteiger charge is 2.22. The van der Waals surface area contributed by atoms with Crippen molar-refractivity contribution < 1.29 is 4.39 Å². The first-order valence-electron chi connectivity index (χ1n) is 6.35. The van der Waals surface area contributed by atoms with E-state index in [2.05, 4.69) is 10.3 Å². The van der Waals surface area contributed by atoms with Crippen molar-refractivity contribution in [3.63, 3.8) is 0 Å². The van der Waals surface area contributed by atoms with Crippen LogP contribution in [0.15, 0.2) is 35.6 Å². The summed E-state index contributed by atoms with van der Waals surface area (Å²) in [4.78, 5) is 4.90. The minimum absolute atomic E-state index is 0.102. The molecule has 0 saturated carbocycles. The summed E-state index contributed by atoms with van der Waals surface area (Å²) >= 11 is 1.61. The van der Waals surface area contributed by atoms with E-state index in [9.17, 15) is 4.39 Å². The average Bonchev–Trinajstić information content (AvgIpc) is 2.82. The highest BCUT2D eigenvalue weighted by molar-refractivity contribution is 7.99. The van der Waals surface area contributed by atoms with Crippen LogP contribution in [-0.4, -0.2) is 15.3 Å². The summed E-state index contributed by atoms with van der Waals surface area (Å²) in [5.41, 5.74) is 2.22. The standard InChI is InChI=1S/C14H16FN3S/c1-18-9-16-7-10(18)8-17-13-5-6-19-14-11(13)3-2-4-12(14)15/h2-4,7,9,13,17H,5-6,8H2,1H3/t13-/m0/s1. The Morgan fingerprint density at radius 2 is 2.42 bits per heavy atom. The van der Waals surface area contributed by atoms with Gasteiger partial charge in [0.25, 0.3) is 0 Å². The number of thioether (sulfide) groups is 1. The molecular weight excluding hydrogens is 261 g/mol. The maximum absolute atomic E-state index is 13.8. The van der Waals surface area contributed by atoms with Crippen molar-refractivity contribution in [3.05, 3.63) is 47.8 Å². The summed E-state index contributed by atoms with van der Waals surface area (Å²) in [6.45, 7) is 0.752. The lowest BCUT2D eigenvalue weighted by Gasteiger charge is -2.26. The molecule has 3 nitrogen and oxygen atoms in total. The average molecular weight is 277 g/mol.